The van der Waals surface area contributed by atoms with Crippen LogP contribution >= 0.6 is 0 Å². The van der Waals surface area contributed by atoms with Gasteiger partial charge in [-0.1, -0.05) is 6.92 Å². The molecule has 0 radical (unpaired) electrons. The average Bonchev–Trinajstić information content (AvgIpc) is 2.48. The molecule has 5 fully saturated rings. The number of carbonyl (C=O) groups is 1. The van der Waals surface area contributed by atoms with Crippen LogP contribution in [0.4, 0.5) is 0 Å². The number of amides is 1. The monoisotopic (exact) mass is 304 g/mol. The van der Waals surface area contributed by atoms with Gasteiger partial charge in [0.15, 0.2) is 0 Å². The lowest BCUT2D eigenvalue weighted by molar-refractivity contribution is -0.147. The predicted molar refractivity (Wildman–Crippen MR) is 88.5 cm³/mol. The molecule has 4 saturated carbocycles. The standard InChI is InChI=1S/C19H32N2O/c1-2-5-21-6-3-17(4-7-21)20-18(22)19-11-14-8-15(12-19)10-16(9-14)13-19/h14-17H,2-13H2,1H3,(H,20,22). The topological polar surface area (TPSA) is 32.3 Å². The first-order valence-electron chi connectivity index (χ1n) is 9.70. The normalized spacial score (nSPS) is 41.8. The number of hydrogen-bond acceptors (Lipinski definition) is 2. The third-order valence-electron chi connectivity index (χ3n) is 6.98. The van der Waals surface area contributed by atoms with Gasteiger partial charge in [0.2, 0.25) is 5.91 Å². The third-order valence-corrected chi connectivity index (χ3v) is 6.98. The second kappa shape index (κ2) is 5.81. The summed E-state index contributed by atoms with van der Waals surface area (Å²) in [5.74, 6) is 3.02. The van der Waals surface area contributed by atoms with Crippen LogP contribution < -0.4 is 5.32 Å². The number of piperidine rings is 1. The van der Waals surface area contributed by atoms with Gasteiger partial charge in [0.1, 0.15) is 0 Å². The van der Waals surface area contributed by atoms with Crippen molar-refractivity contribution in [3.63, 3.8) is 0 Å². The summed E-state index contributed by atoms with van der Waals surface area (Å²) < 4.78 is 0. The van der Waals surface area contributed by atoms with Gasteiger partial charge in [-0.05, 0) is 82.1 Å². The highest BCUT2D eigenvalue weighted by atomic mass is 16.2. The van der Waals surface area contributed by atoms with Crippen LogP contribution in [0.3, 0.4) is 0 Å². The molecule has 4 aliphatic carbocycles. The predicted octanol–water partition coefficient (Wildman–Crippen LogP) is 3.19. The minimum Gasteiger partial charge on any atom is -0.353 e. The molecule has 124 valence electrons. The minimum absolute atomic E-state index is 0.0370. The molecule has 3 heteroatoms. The van der Waals surface area contributed by atoms with Gasteiger partial charge < -0.3 is 10.2 Å². The zero-order chi connectivity index (χ0) is 15.2. The van der Waals surface area contributed by atoms with E-state index in [2.05, 4.69) is 17.1 Å². The Morgan fingerprint density at radius 2 is 1.59 bits per heavy atom. The number of rotatable bonds is 4. The molecule has 0 aromatic heterocycles. The summed E-state index contributed by atoms with van der Waals surface area (Å²) in [6.45, 7) is 5.80. The molecule has 3 nitrogen and oxygen atoms in total. The first-order valence-corrected chi connectivity index (χ1v) is 9.70. The van der Waals surface area contributed by atoms with Gasteiger partial charge >= 0.3 is 0 Å². The van der Waals surface area contributed by atoms with E-state index in [0.29, 0.717) is 11.9 Å². The van der Waals surface area contributed by atoms with Crippen LogP contribution in [0.1, 0.15) is 64.7 Å². The fourth-order valence-electron chi connectivity index (χ4n) is 6.34. The molecule has 0 aromatic rings. The lowest BCUT2D eigenvalue weighted by Crippen LogP contribution is -2.56. The first kappa shape index (κ1) is 15.0. The lowest BCUT2D eigenvalue weighted by Gasteiger charge is -2.56. The molecule has 22 heavy (non-hydrogen) atoms. The summed E-state index contributed by atoms with van der Waals surface area (Å²) in [6, 6.07) is 0.439. The number of nitrogens with zero attached hydrogens (tertiary/aromatic N) is 1. The Morgan fingerprint density at radius 1 is 1.05 bits per heavy atom. The molecule has 5 rings (SSSR count). The lowest BCUT2D eigenvalue weighted by atomic mass is 9.49. The summed E-state index contributed by atoms with van der Waals surface area (Å²) in [4.78, 5) is 15.6. The van der Waals surface area contributed by atoms with E-state index < -0.39 is 0 Å². The second-order valence-electron chi connectivity index (χ2n) is 8.79. The average molecular weight is 304 g/mol. The fourth-order valence-corrected chi connectivity index (χ4v) is 6.34. The maximum atomic E-state index is 13.0. The molecule has 4 bridgehead atoms. The molecule has 1 amide bonds. The van der Waals surface area contributed by atoms with Crippen molar-refractivity contribution in [3.05, 3.63) is 0 Å². The van der Waals surface area contributed by atoms with Crippen molar-refractivity contribution in [2.24, 2.45) is 23.2 Å². The Hall–Kier alpha value is -0.570. The smallest absolute Gasteiger partial charge is 0.226 e. The zero-order valence-electron chi connectivity index (χ0n) is 14.2. The van der Waals surface area contributed by atoms with E-state index in [0.717, 1.165) is 30.6 Å². The highest BCUT2D eigenvalue weighted by Crippen LogP contribution is 2.60. The van der Waals surface area contributed by atoms with Crippen molar-refractivity contribution in [1.82, 2.24) is 10.2 Å². The van der Waals surface area contributed by atoms with E-state index in [9.17, 15) is 4.79 Å². The molecule has 0 unspecified atom stereocenters. The van der Waals surface area contributed by atoms with Gasteiger partial charge in [-0.3, -0.25) is 4.79 Å². The van der Waals surface area contributed by atoms with Gasteiger partial charge in [-0.2, -0.15) is 0 Å². The summed E-state index contributed by atoms with van der Waals surface area (Å²) in [7, 11) is 0. The third kappa shape index (κ3) is 2.70. The van der Waals surface area contributed by atoms with Crippen molar-refractivity contribution in [2.75, 3.05) is 19.6 Å². The fraction of sp³-hybridized carbons (Fsp3) is 0.947. The number of likely N-dealkylation sites (tertiary alicyclic amines) is 1. The molecule has 1 aliphatic heterocycles. The Kier molecular flexibility index (Phi) is 3.96. The van der Waals surface area contributed by atoms with Crippen LogP contribution in [-0.4, -0.2) is 36.5 Å². The maximum Gasteiger partial charge on any atom is 0.226 e. The number of carbonyl (C=O) groups excluding carboxylic acids is 1. The molecule has 1 heterocycles. The quantitative estimate of drug-likeness (QED) is 0.865. The van der Waals surface area contributed by atoms with E-state index in [1.165, 1.54) is 64.6 Å². The van der Waals surface area contributed by atoms with Crippen LogP contribution in [0.2, 0.25) is 0 Å². The van der Waals surface area contributed by atoms with Crippen molar-refractivity contribution >= 4 is 5.91 Å². The van der Waals surface area contributed by atoms with Gasteiger partial charge in [0, 0.05) is 24.5 Å². The minimum atomic E-state index is 0.0370. The van der Waals surface area contributed by atoms with Gasteiger partial charge in [-0.25, -0.2) is 0 Å². The zero-order valence-corrected chi connectivity index (χ0v) is 14.2. The van der Waals surface area contributed by atoms with Crippen LogP contribution in [0.15, 0.2) is 0 Å². The van der Waals surface area contributed by atoms with E-state index in [1.807, 2.05) is 0 Å². The van der Waals surface area contributed by atoms with Gasteiger partial charge in [0.05, 0.1) is 0 Å². The van der Waals surface area contributed by atoms with E-state index in [1.54, 1.807) is 0 Å². The van der Waals surface area contributed by atoms with Crippen molar-refractivity contribution in [2.45, 2.75) is 70.8 Å². The Bertz CT molecular complexity index is 390. The molecule has 0 aromatic carbocycles. The Labute approximate surface area is 135 Å². The summed E-state index contributed by atoms with van der Waals surface area (Å²) >= 11 is 0. The molecular formula is C19H32N2O. The summed E-state index contributed by atoms with van der Waals surface area (Å²) in [6.07, 6.45) is 11.4. The van der Waals surface area contributed by atoms with E-state index >= 15 is 0 Å². The molecule has 1 saturated heterocycles. The van der Waals surface area contributed by atoms with Crippen molar-refractivity contribution < 1.29 is 4.79 Å². The molecule has 0 atom stereocenters. The SMILES string of the molecule is CCCN1CCC(NC(=O)C23CC4CC(CC(C4)C2)C3)CC1. The molecule has 5 aliphatic rings. The van der Waals surface area contributed by atoms with Crippen molar-refractivity contribution in [1.29, 1.82) is 0 Å². The van der Waals surface area contributed by atoms with Crippen molar-refractivity contribution in [3.8, 4) is 0 Å². The number of hydrogen-bond donors (Lipinski definition) is 1. The largest absolute Gasteiger partial charge is 0.353 e. The van der Waals surface area contributed by atoms with Crippen LogP contribution in [0, 0.1) is 23.2 Å². The highest BCUT2D eigenvalue weighted by molar-refractivity contribution is 5.83. The van der Waals surface area contributed by atoms with E-state index in [-0.39, 0.29) is 5.41 Å². The molecular weight excluding hydrogens is 272 g/mol. The van der Waals surface area contributed by atoms with Crippen LogP contribution in [-0.2, 0) is 4.79 Å². The van der Waals surface area contributed by atoms with Gasteiger partial charge in [-0.15, -0.1) is 0 Å². The summed E-state index contributed by atoms with van der Waals surface area (Å²) in [5.41, 5.74) is 0.0370. The van der Waals surface area contributed by atoms with E-state index in [4.69, 9.17) is 0 Å². The first-order chi connectivity index (χ1) is 10.7. The number of nitrogens with one attached hydrogen (secondary N) is 1. The second-order valence-corrected chi connectivity index (χ2v) is 8.79. The molecule has 1 N–H and O–H groups in total. The van der Waals surface area contributed by atoms with Crippen LogP contribution in [0.25, 0.3) is 0 Å². The Morgan fingerprint density at radius 3 is 2.09 bits per heavy atom. The molecule has 0 spiro atoms. The van der Waals surface area contributed by atoms with Crippen LogP contribution in [0.5, 0.6) is 0 Å². The van der Waals surface area contributed by atoms with Gasteiger partial charge in [0.25, 0.3) is 0 Å². The highest BCUT2D eigenvalue weighted by Gasteiger charge is 2.54. The Balaban J connectivity index is 1.35. The summed E-state index contributed by atoms with van der Waals surface area (Å²) in [5, 5.41) is 3.47. The maximum absolute atomic E-state index is 13.0.